The zero-order valence-corrected chi connectivity index (χ0v) is 12.1. The Morgan fingerprint density at radius 3 is 2.60 bits per heavy atom. The normalized spacial score (nSPS) is 22.3. The molecule has 5 nitrogen and oxygen atoms in total. The summed E-state index contributed by atoms with van der Waals surface area (Å²) in [4.78, 5) is 10.4. The molecule has 2 rings (SSSR count). The molecule has 1 aromatic carbocycles. The molecule has 0 spiro atoms. The van der Waals surface area contributed by atoms with Gasteiger partial charge in [-0.1, -0.05) is 13.3 Å². The third kappa shape index (κ3) is 3.40. The second-order valence-electron chi connectivity index (χ2n) is 5.41. The van der Waals surface area contributed by atoms with Gasteiger partial charge in [-0.15, -0.1) is 0 Å². The smallest absolute Gasteiger partial charge is 0.273 e. The van der Waals surface area contributed by atoms with Crippen LogP contribution in [0.15, 0.2) is 18.2 Å². The standard InChI is InChI=1S/C15H22N2O3/c1-3-11-4-6-12(7-5-11)16-14-9-8-13(17(18)19)10-15(14)20-2/h8-12,16H,3-7H2,1-2H3. The molecule has 1 N–H and O–H groups in total. The average Bonchev–Trinajstić information content (AvgIpc) is 2.48. The van der Waals surface area contributed by atoms with E-state index in [1.165, 1.54) is 38.5 Å². The highest BCUT2D eigenvalue weighted by Crippen LogP contribution is 2.33. The minimum absolute atomic E-state index is 0.0575. The largest absolute Gasteiger partial charge is 0.494 e. The molecule has 1 aliphatic rings. The maximum Gasteiger partial charge on any atom is 0.273 e. The van der Waals surface area contributed by atoms with Crippen molar-refractivity contribution in [1.82, 2.24) is 0 Å². The Labute approximate surface area is 119 Å². The Morgan fingerprint density at radius 1 is 1.35 bits per heavy atom. The number of nitro groups is 1. The Morgan fingerprint density at radius 2 is 2.05 bits per heavy atom. The molecule has 1 saturated carbocycles. The summed E-state index contributed by atoms with van der Waals surface area (Å²) in [6, 6.07) is 5.17. The van der Waals surface area contributed by atoms with Crippen molar-refractivity contribution < 1.29 is 9.66 Å². The monoisotopic (exact) mass is 278 g/mol. The third-order valence-corrected chi connectivity index (χ3v) is 4.18. The van der Waals surface area contributed by atoms with Crippen molar-refractivity contribution in [1.29, 1.82) is 0 Å². The first-order valence-corrected chi connectivity index (χ1v) is 7.23. The minimum Gasteiger partial charge on any atom is -0.494 e. The van der Waals surface area contributed by atoms with Gasteiger partial charge in [-0.3, -0.25) is 10.1 Å². The van der Waals surface area contributed by atoms with Gasteiger partial charge in [-0.2, -0.15) is 0 Å². The van der Waals surface area contributed by atoms with Crippen LogP contribution >= 0.6 is 0 Å². The van der Waals surface area contributed by atoms with E-state index in [1.54, 1.807) is 6.07 Å². The number of nitro benzene ring substituents is 1. The number of anilines is 1. The fraction of sp³-hybridized carbons (Fsp3) is 0.600. The first-order chi connectivity index (χ1) is 9.63. The fourth-order valence-electron chi connectivity index (χ4n) is 2.85. The van der Waals surface area contributed by atoms with E-state index in [4.69, 9.17) is 4.74 Å². The molecule has 1 aliphatic carbocycles. The van der Waals surface area contributed by atoms with Gasteiger partial charge in [0.25, 0.3) is 5.69 Å². The predicted molar refractivity (Wildman–Crippen MR) is 79.3 cm³/mol. The highest BCUT2D eigenvalue weighted by molar-refractivity contribution is 5.61. The summed E-state index contributed by atoms with van der Waals surface area (Å²) < 4.78 is 5.25. The molecule has 0 bridgehead atoms. The Balaban J connectivity index is 2.04. The SMILES string of the molecule is CCC1CCC(Nc2ccc([N+](=O)[O-])cc2OC)CC1. The number of hydrogen-bond donors (Lipinski definition) is 1. The van der Waals surface area contributed by atoms with Crippen LogP contribution in [-0.2, 0) is 0 Å². The summed E-state index contributed by atoms with van der Waals surface area (Å²) in [7, 11) is 1.54. The summed E-state index contributed by atoms with van der Waals surface area (Å²) in [5.41, 5.74) is 0.903. The number of hydrogen-bond acceptors (Lipinski definition) is 4. The van der Waals surface area contributed by atoms with E-state index in [0.29, 0.717) is 11.8 Å². The Bertz CT molecular complexity index is 468. The van der Waals surface area contributed by atoms with Crippen LogP contribution in [0.4, 0.5) is 11.4 Å². The molecule has 0 heterocycles. The number of nitrogens with one attached hydrogen (secondary N) is 1. The average molecular weight is 278 g/mol. The third-order valence-electron chi connectivity index (χ3n) is 4.18. The van der Waals surface area contributed by atoms with Crippen LogP contribution in [0.5, 0.6) is 5.75 Å². The van der Waals surface area contributed by atoms with Crippen molar-refractivity contribution in [2.75, 3.05) is 12.4 Å². The molecule has 0 amide bonds. The highest BCUT2D eigenvalue weighted by atomic mass is 16.6. The number of methoxy groups -OCH3 is 1. The molecular weight excluding hydrogens is 256 g/mol. The summed E-state index contributed by atoms with van der Waals surface area (Å²) in [5, 5.41) is 14.2. The van der Waals surface area contributed by atoms with Crippen molar-refractivity contribution in [3.63, 3.8) is 0 Å². The zero-order valence-electron chi connectivity index (χ0n) is 12.1. The van der Waals surface area contributed by atoms with Gasteiger partial charge in [0.15, 0.2) is 0 Å². The fourth-order valence-corrected chi connectivity index (χ4v) is 2.85. The van der Waals surface area contributed by atoms with Gasteiger partial charge in [-0.05, 0) is 37.7 Å². The summed E-state index contributed by atoms with van der Waals surface area (Å²) >= 11 is 0. The molecule has 1 fully saturated rings. The van der Waals surface area contributed by atoms with Gasteiger partial charge in [0.05, 0.1) is 23.8 Å². The summed E-state index contributed by atoms with van der Waals surface area (Å²) in [6.07, 6.45) is 6.07. The van der Waals surface area contributed by atoms with E-state index in [2.05, 4.69) is 12.2 Å². The van der Waals surface area contributed by atoms with Crippen LogP contribution in [0, 0.1) is 16.0 Å². The second kappa shape index (κ2) is 6.59. The lowest BCUT2D eigenvalue weighted by Gasteiger charge is -2.29. The van der Waals surface area contributed by atoms with E-state index >= 15 is 0 Å². The zero-order chi connectivity index (χ0) is 14.5. The van der Waals surface area contributed by atoms with E-state index in [1.807, 2.05) is 0 Å². The Hall–Kier alpha value is -1.78. The summed E-state index contributed by atoms with van der Waals surface area (Å²) in [5.74, 6) is 1.39. The number of rotatable bonds is 5. The number of non-ortho nitro benzene ring substituents is 1. The number of ether oxygens (including phenoxy) is 1. The van der Waals surface area contributed by atoms with Gasteiger partial charge < -0.3 is 10.1 Å². The molecule has 0 atom stereocenters. The molecule has 5 heteroatoms. The van der Waals surface area contributed by atoms with Crippen molar-refractivity contribution in [2.45, 2.75) is 45.1 Å². The molecule has 20 heavy (non-hydrogen) atoms. The van der Waals surface area contributed by atoms with Crippen LogP contribution in [0.3, 0.4) is 0 Å². The van der Waals surface area contributed by atoms with Gasteiger partial charge in [0.2, 0.25) is 0 Å². The van der Waals surface area contributed by atoms with Crippen LogP contribution in [-0.4, -0.2) is 18.1 Å². The van der Waals surface area contributed by atoms with E-state index < -0.39 is 4.92 Å². The molecule has 0 aliphatic heterocycles. The van der Waals surface area contributed by atoms with Crippen molar-refractivity contribution in [3.05, 3.63) is 28.3 Å². The van der Waals surface area contributed by atoms with Crippen LogP contribution < -0.4 is 10.1 Å². The maximum absolute atomic E-state index is 10.8. The van der Waals surface area contributed by atoms with Crippen molar-refractivity contribution in [2.24, 2.45) is 5.92 Å². The van der Waals surface area contributed by atoms with E-state index in [9.17, 15) is 10.1 Å². The lowest BCUT2D eigenvalue weighted by atomic mass is 9.84. The second-order valence-corrected chi connectivity index (χ2v) is 5.41. The molecule has 1 aromatic rings. The molecule has 0 aromatic heterocycles. The number of benzene rings is 1. The first-order valence-electron chi connectivity index (χ1n) is 7.23. The van der Waals surface area contributed by atoms with Crippen LogP contribution in [0.2, 0.25) is 0 Å². The van der Waals surface area contributed by atoms with Crippen molar-refractivity contribution >= 4 is 11.4 Å². The molecule has 0 radical (unpaired) electrons. The van der Waals surface area contributed by atoms with Crippen LogP contribution in [0.25, 0.3) is 0 Å². The summed E-state index contributed by atoms with van der Waals surface area (Å²) in [6.45, 7) is 2.25. The first kappa shape index (κ1) is 14.6. The predicted octanol–water partition coefficient (Wildman–Crippen LogP) is 3.98. The Kier molecular flexibility index (Phi) is 4.82. The molecule has 0 saturated heterocycles. The van der Waals surface area contributed by atoms with E-state index in [0.717, 1.165) is 24.4 Å². The molecule has 0 unspecified atom stereocenters. The van der Waals surface area contributed by atoms with Gasteiger partial charge in [-0.25, -0.2) is 0 Å². The number of nitrogens with zero attached hydrogens (tertiary/aromatic N) is 1. The van der Waals surface area contributed by atoms with Crippen molar-refractivity contribution in [3.8, 4) is 5.75 Å². The minimum atomic E-state index is -0.404. The van der Waals surface area contributed by atoms with E-state index in [-0.39, 0.29) is 5.69 Å². The van der Waals surface area contributed by atoms with Gasteiger partial charge in [0, 0.05) is 12.1 Å². The van der Waals surface area contributed by atoms with Crippen LogP contribution in [0.1, 0.15) is 39.0 Å². The van der Waals surface area contributed by atoms with Gasteiger partial charge in [0.1, 0.15) is 5.75 Å². The molecular formula is C15H22N2O3. The van der Waals surface area contributed by atoms with Gasteiger partial charge >= 0.3 is 0 Å². The maximum atomic E-state index is 10.8. The lowest BCUT2D eigenvalue weighted by Crippen LogP contribution is -2.26. The molecule has 110 valence electrons. The highest BCUT2D eigenvalue weighted by Gasteiger charge is 2.21. The topological polar surface area (TPSA) is 64.4 Å². The lowest BCUT2D eigenvalue weighted by molar-refractivity contribution is -0.384. The quantitative estimate of drug-likeness (QED) is 0.653.